The third-order valence-electron chi connectivity index (χ3n) is 5.11. The van der Waals surface area contributed by atoms with Crippen molar-refractivity contribution in [1.29, 1.82) is 0 Å². The van der Waals surface area contributed by atoms with Crippen LogP contribution in [0, 0.1) is 0 Å². The number of benzene rings is 1. The highest BCUT2D eigenvalue weighted by Crippen LogP contribution is 2.31. The Morgan fingerprint density at radius 1 is 0.938 bits per heavy atom. The molecule has 3 aromatic rings. The van der Waals surface area contributed by atoms with E-state index in [-0.39, 0.29) is 4.90 Å². The lowest BCUT2D eigenvalue weighted by molar-refractivity contribution is 0.319. The van der Waals surface area contributed by atoms with Gasteiger partial charge in [0.05, 0.1) is 13.2 Å². The van der Waals surface area contributed by atoms with Gasteiger partial charge < -0.3 is 14.4 Å². The van der Waals surface area contributed by atoms with Gasteiger partial charge in [-0.1, -0.05) is 0 Å². The van der Waals surface area contributed by atoms with Crippen molar-refractivity contribution >= 4 is 15.8 Å². The van der Waals surface area contributed by atoms with Crippen LogP contribution in [0.3, 0.4) is 0 Å². The van der Waals surface area contributed by atoms with Gasteiger partial charge >= 0.3 is 0 Å². The summed E-state index contributed by atoms with van der Waals surface area (Å²) in [6.07, 6.45) is 5.13. The zero-order valence-electron chi connectivity index (χ0n) is 18.1. The lowest BCUT2D eigenvalue weighted by Gasteiger charge is -2.34. The molecule has 170 valence electrons. The van der Waals surface area contributed by atoms with E-state index in [1.807, 2.05) is 30.9 Å². The SMILES string of the molecule is CCOc1ccc(OCC)c(S(=O)(=O)N2CCN(c3ccc(-n4ccnc4)nn3)CC2)c1. The fourth-order valence-corrected chi connectivity index (χ4v) is 5.11. The number of imidazole rings is 1. The van der Waals surface area contributed by atoms with Crippen LogP contribution in [0.5, 0.6) is 11.5 Å². The topological polar surface area (TPSA) is 103 Å². The quantitative estimate of drug-likeness (QED) is 0.505. The molecular weight excluding hydrogens is 432 g/mol. The molecule has 3 heterocycles. The number of sulfonamides is 1. The maximum absolute atomic E-state index is 13.4. The van der Waals surface area contributed by atoms with E-state index in [1.165, 1.54) is 10.4 Å². The summed E-state index contributed by atoms with van der Waals surface area (Å²) in [5.74, 6) is 2.21. The third kappa shape index (κ3) is 4.53. The first-order valence-corrected chi connectivity index (χ1v) is 11.9. The summed E-state index contributed by atoms with van der Waals surface area (Å²) in [5.41, 5.74) is 0. The molecule has 1 saturated heterocycles. The summed E-state index contributed by atoms with van der Waals surface area (Å²) < 4.78 is 41.1. The van der Waals surface area contributed by atoms with Crippen LogP contribution in [0.25, 0.3) is 5.82 Å². The molecule has 0 atom stereocenters. The van der Waals surface area contributed by atoms with Crippen molar-refractivity contribution in [2.24, 2.45) is 0 Å². The number of hydrogen-bond acceptors (Lipinski definition) is 8. The molecule has 32 heavy (non-hydrogen) atoms. The van der Waals surface area contributed by atoms with Crippen LogP contribution in [0.1, 0.15) is 13.8 Å². The van der Waals surface area contributed by atoms with E-state index in [1.54, 1.807) is 35.4 Å². The van der Waals surface area contributed by atoms with Crippen molar-refractivity contribution in [3.8, 4) is 17.3 Å². The molecule has 0 spiro atoms. The van der Waals surface area contributed by atoms with Gasteiger partial charge in [-0.25, -0.2) is 13.4 Å². The predicted molar refractivity (Wildman–Crippen MR) is 119 cm³/mol. The highest BCUT2D eigenvalue weighted by molar-refractivity contribution is 7.89. The lowest BCUT2D eigenvalue weighted by Crippen LogP contribution is -2.49. The molecule has 10 nitrogen and oxygen atoms in total. The number of aromatic nitrogens is 4. The van der Waals surface area contributed by atoms with Gasteiger partial charge in [0, 0.05) is 44.6 Å². The smallest absolute Gasteiger partial charge is 0.247 e. The van der Waals surface area contributed by atoms with Crippen LogP contribution >= 0.6 is 0 Å². The molecule has 1 aliphatic rings. The molecule has 0 amide bonds. The van der Waals surface area contributed by atoms with Gasteiger partial charge in [-0.3, -0.25) is 4.57 Å². The van der Waals surface area contributed by atoms with E-state index >= 15 is 0 Å². The van der Waals surface area contributed by atoms with Crippen molar-refractivity contribution in [3.63, 3.8) is 0 Å². The fraction of sp³-hybridized carbons (Fsp3) is 0.381. The molecule has 0 aliphatic carbocycles. The monoisotopic (exact) mass is 458 g/mol. The molecule has 11 heteroatoms. The molecule has 0 saturated carbocycles. The van der Waals surface area contributed by atoms with Crippen LogP contribution in [-0.2, 0) is 10.0 Å². The number of nitrogens with zero attached hydrogens (tertiary/aromatic N) is 6. The molecule has 2 aromatic heterocycles. The Kier molecular flexibility index (Phi) is 6.56. The Morgan fingerprint density at radius 2 is 1.66 bits per heavy atom. The first-order valence-electron chi connectivity index (χ1n) is 10.5. The molecule has 1 aromatic carbocycles. The Hall–Kier alpha value is -3.18. The van der Waals surface area contributed by atoms with Gasteiger partial charge in [0.25, 0.3) is 0 Å². The molecule has 1 fully saturated rings. The van der Waals surface area contributed by atoms with Crippen LogP contribution in [0.2, 0.25) is 0 Å². The third-order valence-corrected chi connectivity index (χ3v) is 7.03. The van der Waals surface area contributed by atoms with Gasteiger partial charge in [-0.2, -0.15) is 4.31 Å². The van der Waals surface area contributed by atoms with Crippen molar-refractivity contribution < 1.29 is 17.9 Å². The summed E-state index contributed by atoms with van der Waals surface area (Å²) in [6.45, 7) is 6.18. The Bertz CT molecular complexity index is 1130. The van der Waals surface area contributed by atoms with E-state index in [0.29, 0.717) is 62.5 Å². The Labute approximate surface area is 187 Å². The van der Waals surface area contributed by atoms with Crippen LogP contribution < -0.4 is 14.4 Å². The second-order valence-corrected chi connectivity index (χ2v) is 8.99. The van der Waals surface area contributed by atoms with E-state index in [9.17, 15) is 8.42 Å². The molecule has 4 rings (SSSR count). The van der Waals surface area contributed by atoms with Gasteiger partial charge in [0.15, 0.2) is 11.6 Å². The number of ether oxygens (including phenoxy) is 2. The fourth-order valence-electron chi connectivity index (χ4n) is 3.54. The lowest BCUT2D eigenvalue weighted by atomic mass is 10.3. The minimum absolute atomic E-state index is 0.128. The van der Waals surface area contributed by atoms with Crippen LogP contribution in [0.15, 0.2) is 53.9 Å². The van der Waals surface area contributed by atoms with E-state index in [4.69, 9.17) is 9.47 Å². The molecular formula is C21H26N6O4S. The number of piperazine rings is 1. The molecule has 1 aliphatic heterocycles. The van der Waals surface area contributed by atoms with Crippen LogP contribution in [-0.4, -0.2) is 71.9 Å². The summed E-state index contributed by atoms with van der Waals surface area (Å²) >= 11 is 0. The standard InChI is InChI=1S/C21H26N6O4S/c1-3-30-17-5-6-18(31-4-2)19(15-17)32(28,29)27-13-11-25(12-14-27)20-7-8-21(24-23-20)26-10-9-22-16-26/h5-10,15-16H,3-4,11-14H2,1-2H3. The largest absolute Gasteiger partial charge is 0.494 e. The summed E-state index contributed by atoms with van der Waals surface area (Å²) in [5, 5.41) is 8.54. The maximum Gasteiger partial charge on any atom is 0.247 e. The van der Waals surface area contributed by atoms with Gasteiger partial charge in [0.2, 0.25) is 10.0 Å². The first-order chi connectivity index (χ1) is 15.5. The average Bonchev–Trinajstić information content (AvgIpc) is 3.36. The van der Waals surface area contributed by atoms with E-state index in [2.05, 4.69) is 15.2 Å². The summed E-state index contributed by atoms with van der Waals surface area (Å²) in [4.78, 5) is 6.16. The Balaban J connectivity index is 1.48. The van der Waals surface area contributed by atoms with Gasteiger partial charge in [-0.05, 0) is 38.1 Å². The van der Waals surface area contributed by atoms with Crippen LogP contribution in [0.4, 0.5) is 5.82 Å². The number of anilines is 1. The highest BCUT2D eigenvalue weighted by Gasteiger charge is 2.32. The Morgan fingerprint density at radius 3 is 2.28 bits per heavy atom. The van der Waals surface area contributed by atoms with Crippen molar-refractivity contribution in [3.05, 3.63) is 49.1 Å². The molecule has 0 N–H and O–H groups in total. The number of hydrogen-bond donors (Lipinski definition) is 0. The van der Waals surface area contributed by atoms with E-state index < -0.39 is 10.0 Å². The zero-order valence-corrected chi connectivity index (χ0v) is 18.9. The van der Waals surface area contributed by atoms with Crippen molar-refractivity contribution in [2.45, 2.75) is 18.7 Å². The first kappa shape index (κ1) is 22.0. The maximum atomic E-state index is 13.4. The second-order valence-electron chi connectivity index (χ2n) is 7.09. The highest BCUT2D eigenvalue weighted by atomic mass is 32.2. The normalized spacial score (nSPS) is 15.0. The number of rotatable bonds is 8. The summed E-state index contributed by atoms with van der Waals surface area (Å²) in [7, 11) is -3.74. The van der Waals surface area contributed by atoms with Gasteiger partial charge in [-0.15, -0.1) is 10.2 Å². The minimum atomic E-state index is -3.74. The predicted octanol–water partition coefficient (Wildman–Crippen LogP) is 1.97. The summed E-state index contributed by atoms with van der Waals surface area (Å²) in [6, 6.07) is 8.65. The molecule has 0 unspecified atom stereocenters. The van der Waals surface area contributed by atoms with Gasteiger partial charge in [0.1, 0.15) is 22.7 Å². The molecule has 0 radical (unpaired) electrons. The second kappa shape index (κ2) is 9.53. The molecule has 0 bridgehead atoms. The minimum Gasteiger partial charge on any atom is -0.494 e. The van der Waals surface area contributed by atoms with Crippen molar-refractivity contribution in [2.75, 3.05) is 44.3 Å². The van der Waals surface area contributed by atoms with E-state index in [0.717, 1.165) is 0 Å². The zero-order chi connectivity index (χ0) is 22.6. The average molecular weight is 459 g/mol. The van der Waals surface area contributed by atoms with Crippen molar-refractivity contribution in [1.82, 2.24) is 24.1 Å².